The standard InChI is InChI=1S/C12H20N4O/c1-3-16-10(9-4-5-9)8-11(15-16)14-12(17)6-7-13-2/h8-9,13H,3-7H2,1-2H3,(H,14,15,17). The molecule has 0 spiro atoms. The smallest absolute Gasteiger partial charge is 0.226 e. The first-order valence-electron chi connectivity index (χ1n) is 6.26. The first kappa shape index (κ1) is 12.1. The van der Waals surface area contributed by atoms with E-state index in [9.17, 15) is 4.79 Å². The van der Waals surface area contributed by atoms with Gasteiger partial charge in [0.25, 0.3) is 0 Å². The summed E-state index contributed by atoms with van der Waals surface area (Å²) in [5.74, 6) is 1.36. The lowest BCUT2D eigenvalue weighted by Crippen LogP contribution is -2.19. The average molecular weight is 236 g/mol. The number of hydrogen-bond acceptors (Lipinski definition) is 3. The highest BCUT2D eigenvalue weighted by atomic mass is 16.1. The second-order valence-electron chi connectivity index (χ2n) is 4.45. The molecule has 1 fully saturated rings. The molecule has 2 rings (SSSR count). The van der Waals surface area contributed by atoms with Gasteiger partial charge in [-0.3, -0.25) is 9.48 Å². The second kappa shape index (κ2) is 5.31. The Morgan fingerprint density at radius 1 is 1.59 bits per heavy atom. The molecule has 17 heavy (non-hydrogen) atoms. The largest absolute Gasteiger partial charge is 0.319 e. The lowest BCUT2D eigenvalue weighted by Gasteiger charge is -2.01. The van der Waals surface area contributed by atoms with Gasteiger partial charge in [-0.25, -0.2) is 0 Å². The fraction of sp³-hybridized carbons (Fsp3) is 0.667. The van der Waals surface area contributed by atoms with Crippen LogP contribution in [-0.2, 0) is 11.3 Å². The van der Waals surface area contributed by atoms with Crippen molar-refractivity contribution in [3.05, 3.63) is 11.8 Å². The molecule has 1 aliphatic carbocycles. The van der Waals surface area contributed by atoms with Crippen LogP contribution in [0.15, 0.2) is 6.07 Å². The average Bonchev–Trinajstić information content (AvgIpc) is 3.09. The van der Waals surface area contributed by atoms with Crippen LogP contribution in [0.5, 0.6) is 0 Å². The highest BCUT2D eigenvalue weighted by Crippen LogP contribution is 2.40. The van der Waals surface area contributed by atoms with E-state index < -0.39 is 0 Å². The monoisotopic (exact) mass is 236 g/mol. The summed E-state index contributed by atoms with van der Waals surface area (Å²) in [5, 5.41) is 10.2. The van der Waals surface area contributed by atoms with E-state index >= 15 is 0 Å². The third kappa shape index (κ3) is 3.06. The van der Waals surface area contributed by atoms with Crippen LogP contribution < -0.4 is 10.6 Å². The highest BCUT2D eigenvalue weighted by molar-refractivity contribution is 5.89. The van der Waals surface area contributed by atoms with Crippen LogP contribution in [0.25, 0.3) is 0 Å². The number of carbonyl (C=O) groups is 1. The maximum Gasteiger partial charge on any atom is 0.226 e. The van der Waals surface area contributed by atoms with Crippen LogP contribution in [0.1, 0.15) is 37.8 Å². The van der Waals surface area contributed by atoms with E-state index in [1.54, 1.807) is 0 Å². The third-order valence-corrected chi connectivity index (χ3v) is 2.98. The fourth-order valence-corrected chi connectivity index (χ4v) is 1.90. The molecule has 1 aromatic heterocycles. The lowest BCUT2D eigenvalue weighted by atomic mass is 10.3. The molecule has 0 bridgehead atoms. The van der Waals surface area contributed by atoms with Crippen LogP contribution in [0.4, 0.5) is 5.82 Å². The predicted molar refractivity (Wildman–Crippen MR) is 67.0 cm³/mol. The molecule has 0 radical (unpaired) electrons. The van der Waals surface area contributed by atoms with Gasteiger partial charge in [-0.05, 0) is 26.8 Å². The molecule has 5 nitrogen and oxygen atoms in total. The number of nitrogens with zero attached hydrogens (tertiary/aromatic N) is 2. The number of amides is 1. The van der Waals surface area contributed by atoms with E-state index in [2.05, 4.69) is 22.7 Å². The summed E-state index contributed by atoms with van der Waals surface area (Å²) in [7, 11) is 1.84. The van der Waals surface area contributed by atoms with E-state index in [0.717, 1.165) is 6.54 Å². The summed E-state index contributed by atoms with van der Waals surface area (Å²) in [6.07, 6.45) is 2.98. The van der Waals surface area contributed by atoms with Crippen molar-refractivity contribution >= 4 is 11.7 Å². The van der Waals surface area contributed by atoms with Crippen molar-refractivity contribution in [1.29, 1.82) is 0 Å². The van der Waals surface area contributed by atoms with Gasteiger partial charge in [0.1, 0.15) is 0 Å². The molecule has 0 aliphatic heterocycles. The minimum absolute atomic E-state index is 0.0162. The van der Waals surface area contributed by atoms with E-state index in [1.807, 2.05) is 17.8 Å². The van der Waals surface area contributed by atoms with Crippen molar-refractivity contribution in [3.63, 3.8) is 0 Å². The number of hydrogen-bond donors (Lipinski definition) is 2. The van der Waals surface area contributed by atoms with E-state index in [4.69, 9.17) is 0 Å². The summed E-state index contributed by atoms with van der Waals surface area (Å²) in [4.78, 5) is 11.6. The molecule has 94 valence electrons. The molecule has 5 heteroatoms. The Balaban J connectivity index is 1.98. The molecule has 1 amide bonds. The topological polar surface area (TPSA) is 59.0 Å². The Hall–Kier alpha value is -1.36. The van der Waals surface area contributed by atoms with Gasteiger partial charge in [-0.2, -0.15) is 5.10 Å². The van der Waals surface area contributed by atoms with Gasteiger partial charge >= 0.3 is 0 Å². The van der Waals surface area contributed by atoms with Gasteiger partial charge in [0.05, 0.1) is 0 Å². The fourth-order valence-electron chi connectivity index (χ4n) is 1.90. The third-order valence-electron chi connectivity index (χ3n) is 2.98. The molecular formula is C12H20N4O. The number of nitrogens with one attached hydrogen (secondary N) is 2. The van der Waals surface area contributed by atoms with Gasteiger partial charge in [0.15, 0.2) is 5.82 Å². The number of aromatic nitrogens is 2. The van der Waals surface area contributed by atoms with Crippen molar-refractivity contribution in [2.75, 3.05) is 18.9 Å². The Labute approximate surface area is 102 Å². The van der Waals surface area contributed by atoms with Crippen LogP contribution in [0.3, 0.4) is 0 Å². The zero-order valence-corrected chi connectivity index (χ0v) is 10.5. The van der Waals surface area contributed by atoms with Gasteiger partial charge in [0, 0.05) is 37.2 Å². The maximum absolute atomic E-state index is 11.6. The predicted octanol–water partition coefficient (Wildman–Crippen LogP) is 1.33. The Morgan fingerprint density at radius 3 is 2.94 bits per heavy atom. The number of rotatable bonds is 6. The van der Waals surface area contributed by atoms with Crippen LogP contribution in [0, 0.1) is 0 Å². The maximum atomic E-state index is 11.6. The summed E-state index contributed by atoms with van der Waals surface area (Å²) in [5.41, 5.74) is 1.26. The SMILES string of the molecule is CCn1nc(NC(=O)CCNC)cc1C1CC1. The normalized spacial score (nSPS) is 14.9. The Kier molecular flexibility index (Phi) is 3.78. The number of carbonyl (C=O) groups excluding carboxylic acids is 1. The van der Waals surface area contributed by atoms with Gasteiger partial charge in [0.2, 0.25) is 5.91 Å². The zero-order valence-electron chi connectivity index (χ0n) is 10.5. The molecule has 0 unspecified atom stereocenters. The molecule has 1 heterocycles. The van der Waals surface area contributed by atoms with E-state index in [1.165, 1.54) is 18.5 Å². The molecule has 1 aromatic rings. The van der Waals surface area contributed by atoms with Crippen LogP contribution in [0.2, 0.25) is 0 Å². The molecule has 2 N–H and O–H groups in total. The van der Waals surface area contributed by atoms with Gasteiger partial charge in [-0.15, -0.1) is 0 Å². The minimum atomic E-state index is 0.0162. The van der Waals surface area contributed by atoms with Gasteiger partial charge < -0.3 is 10.6 Å². The van der Waals surface area contributed by atoms with Crippen molar-refractivity contribution in [2.24, 2.45) is 0 Å². The quantitative estimate of drug-likeness (QED) is 0.783. The molecular weight excluding hydrogens is 216 g/mol. The van der Waals surface area contributed by atoms with E-state index in [-0.39, 0.29) is 5.91 Å². The highest BCUT2D eigenvalue weighted by Gasteiger charge is 2.27. The van der Waals surface area contributed by atoms with Crippen molar-refractivity contribution < 1.29 is 4.79 Å². The molecule has 1 aliphatic rings. The zero-order chi connectivity index (χ0) is 12.3. The van der Waals surface area contributed by atoms with Crippen molar-refractivity contribution in [2.45, 2.75) is 38.6 Å². The molecule has 0 saturated heterocycles. The first-order valence-corrected chi connectivity index (χ1v) is 6.26. The summed E-state index contributed by atoms with van der Waals surface area (Å²) < 4.78 is 1.99. The number of aryl methyl sites for hydroxylation is 1. The minimum Gasteiger partial charge on any atom is -0.319 e. The van der Waals surface area contributed by atoms with E-state index in [0.29, 0.717) is 24.7 Å². The van der Waals surface area contributed by atoms with Crippen LogP contribution in [-0.4, -0.2) is 29.3 Å². The summed E-state index contributed by atoms with van der Waals surface area (Å²) >= 11 is 0. The lowest BCUT2D eigenvalue weighted by molar-refractivity contribution is -0.116. The molecule has 0 aromatic carbocycles. The summed E-state index contributed by atoms with van der Waals surface area (Å²) in [6.45, 7) is 3.62. The van der Waals surface area contributed by atoms with Crippen LogP contribution >= 0.6 is 0 Å². The first-order chi connectivity index (χ1) is 8.24. The number of anilines is 1. The Morgan fingerprint density at radius 2 is 2.35 bits per heavy atom. The summed E-state index contributed by atoms with van der Waals surface area (Å²) in [6, 6.07) is 2.01. The van der Waals surface area contributed by atoms with Crippen molar-refractivity contribution in [3.8, 4) is 0 Å². The van der Waals surface area contributed by atoms with Gasteiger partial charge in [-0.1, -0.05) is 0 Å². The molecule has 0 atom stereocenters. The molecule has 1 saturated carbocycles. The van der Waals surface area contributed by atoms with Crippen molar-refractivity contribution in [1.82, 2.24) is 15.1 Å². The Bertz CT molecular complexity index is 395. The second-order valence-corrected chi connectivity index (χ2v) is 4.45.